The number of rotatable bonds is 2. The van der Waals surface area contributed by atoms with Crippen LogP contribution in [0.2, 0.25) is 0 Å². The van der Waals surface area contributed by atoms with Crippen LogP contribution in [-0.4, -0.2) is 23.1 Å². The normalized spacial score (nSPS) is 32.3. The standard InChI is InChI=1S/C11H12F6O/c12-10(13,14)9(18,11(15,16)17)5-8-4-6-1-2-7(8)3-6/h1-2,6-8,18H,3-5H2/t6-,7-,8-/m0/s1. The van der Waals surface area contributed by atoms with Crippen molar-refractivity contribution in [3.8, 4) is 0 Å². The molecule has 0 amide bonds. The molecule has 2 aliphatic carbocycles. The van der Waals surface area contributed by atoms with E-state index in [1.165, 1.54) is 0 Å². The number of hydrogen-bond acceptors (Lipinski definition) is 1. The van der Waals surface area contributed by atoms with E-state index in [-0.39, 0.29) is 18.3 Å². The van der Waals surface area contributed by atoms with Gasteiger partial charge in [0.15, 0.2) is 0 Å². The van der Waals surface area contributed by atoms with Gasteiger partial charge in [0.25, 0.3) is 5.60 Å². The van der Waals surface area contributed by atoms with Gasteiger partial charge in [0, 0.05) is 0 Å². The van der Waals surface area contributed by atoms with E-state index in [0.29, 0.717) is 6.42 Å². The molecule has 0 aromatic heterocycles. The lowest BCUT2D eigenvalue weighted by molar-refractivity contribution is -0.373. The summed E-state index contributed by atoms with van der Waals surface area (Å²) in [4.78, 5) is 0. The maximum absolute atomic E-state index is 12.5. The van der Waals surface area contributed by atoms with Gasteiger partial charge < -0.3 is 5.11 Å². The minimum atomic E-state index is -5.70. The van der Waals surface area contributed by atoms with E-state index in [1.54, 1.807) is 6.08 Å². The monoisotopic (exact) mass is 274 g/mol. The molecule has 104 valence electrons. The van der Waals surface area contributed by atoms with Crippen molar-refractivity contribution in [1.82, 2.24) is 0 Å². The van der Waals surface area contributed by atoms with Crippen molar-refractivity contribution in [2.24, 2.45) is 17.8 Å². The van der Waals surface area contributed by atoms with Crippen molar-refractivity contribution >= 4 is 0 Å². The molecule has 1 fully saturated rings. The average molecular weight is 274 g/mol. The summed E-state index contributed by atoms with van der Waals surface area (Å²) in [6.07, 6.45) is -8.33. The van der Waals surface area contributed by atoms with E-state index in [4.69, 9.17) is 5.11 Å². The van der Waals surface area contributed by atoms with Crippen molar-refractivity contribution < 1.29 is 31.4 Å². The quantitative estimate of drug-likeness (QED) is 0.604. The van der Waals surface area contributed by atoms with Gasteiger partial charge in [0.2, 0.25) is 0 Å². The van der Waals surface area contributed by atoms with Crippen molar-refractivity contribution in [3.63, 3.8) is 0 Å². The molecular weight excluding hydrogens is 262 g/mol. The van der Waals surface area contributed by atoms with Crippen LogP contribution in [0.15, 0.2) is 12.2 Å². The van der Waals surface area contributed by atoms with Gasteiger partial charge in [0.05, 0.1) is 0 Å². The zero-order chi connectivity index (χ0) is 13.8. The van der Waals surface area contributed by atoms with Gasteiger partial charge in [-0.1, -0.05) is 12.2 Å². The van der Waals surface area contributed by atoms with Crippen molar-refractivity contribution in [2.75, 3.05) is 0 Å². The minimum Gasteiger partial charge on any atom is -0.374 e. The van der Waals surface area contributed by atoms with Gasteiger partial charge in [-0.05, 0) is 37.0 Å². The highest BCUT2D eigenvalue weighted by atomic mass is 19.4. The van der Waals surface area contributed by atoms with Gasteiger partial charge in [-0.15, -0.1) is 0 Å². The lowest BCUT2D eigenvalue weighted by atomic mass is 9.82. The van der Waals surface area contributed by atoms with Gasteiger partial charge in [0.1, 0.15) is 0 Å². The van der Waals surface area contributed by atoms with E-state index in [2.05, 4.69) is 0 Å². The number of aliphatic hydroxyl groups is 1. The Labute approximate surface area is 99.5 Å². The van der Waals surface area contributed by atoms with E-state index >= 15 is 0 Å². The Hall–Kier alpha value is -0.720. The molecule has 0 heterocycles. The molecular formula is C11H12F6O. The summed E-state index contributed by atoms with van der Waals surface area (Å²) in [7, 11) is 0. The fourth-order valence-corrected chi connectivity index (χ4v) is 2.90. The Kier molecular flexibility index (Phi) is 2.96. The highest BCUT2D eigenvalue weighted by Crippen LogP contribution is 2.53. The zero-order valence-electron chi connectivity index (χ0n) is 9.22. The minimum absolute atomic E-state index is 0.0608. The molecule has 18 heavy (non-hydrogen) atoms. The van der Waals surface area contributed by atoms with Crippen LogP contribution in [0.5, 0.6) is 0 Å². The Morgan fingerprint density at radius 1 is 0.944 bits per heavy atom. The summed E-state index contributed by atoms with van der Waals surface area (Å²) in [6, 6.07) is 0. The Morgan fingerprint density at radius 3 is 1.83 bits per heavy atom. The molecule has 0 saturated heterocycles. The van der Waals surface area contributed by atoms with Gasteiger partial charge >= 0.3 is 12.4 Å². The van der Waals surface area contributed by atoms with Gasteiger partial charge in [-0.3, -0.25) is 0 Å². The molecule has 1 saturated carbocycles. The van der Waals surface area contributed by atoms with Crippen LogP contribution in [0.25, 0.3) is 0 Å². The van der Waals surface area contributed by atoms with Crippen LogP contribution in [-0.2, 0) is 0 Å². The lowest BCUT2D eigenvalue weighted by Crippen LogP contribution is -2.58. The molecule has 0 radical (unpaired) electrons. The molecule has 0 aliphatic heterocycles. The zero-order valence-corrected chi connectivity index (χ0v) is 9.22. The highest BCUT2D eigenvalue weighted by molar-refractivity contribution is 5.12. The van der Waals surface area contributed by atoms with Crippen molar-refractivity contribution in [3.05, 3.63) is 12.2 Å². The molecule has 3 atom stereocenters. The maximum Gasteiger partial charge on any atom is 0.426 e. The SMILES string of the molecule is OC(C[C@@H]1C[C@H]2C=C[C@H]1C2)(C(F)(F)F)C(F)(F)F. The number of alkyl halides is 6. The van der Waals surface area contributed by atoms with Crippen molar-refractivity contribution in [2.45, 2.75) is 37.2 Å². The second-order valence-electron chi connectivity index (χ2n) is 5.10. The second kappa shape index (κ2) is 3.88. The number of halogens is 6. The number of fused-ring (bicyclic) bond motifs is 2. The first-order chi connectivity index (χ1) is 8.04. The van der Waals surface area contributed by atoms with Crippen molar-refractivity contribution in [1.29, 1.82) is 0 Å². The molecule has 0 aromatic rings. The first kappa shape index (κ1) is 13.7. The number of hydrogen-bond donors (Lipinski definition) is 1. The highest BCUT2D eigenvalue weighted by Gasteiger charge is 2.71. The Balaban J connectivity index is 2.19. The smallest absolute Gasteiger partial charge is 0.374 e. The molecule has 2 rings (SSSR count). The summed E-state index contributed by atoms with van der Waals surface area (Å²) < 4.78 is 75.0. The summed E-state index contributed by atoms with van der Waals surface area (Å²) in [5.74, 6) is -0.967. The Bertz CT molecular complexity index is 342. The predicted molar refractivity (Wildman–Crippen MR) is 50.5 cm³/mol. The van der Waals surface area contributed by atoms with E-state index in [1.807, 2.05) is 6.08 Å². The molecule has 2 aliphatic rings. The van der Waals surface area contributed by atoms with Crippen LogP contribution in [0.1, 0.15) is 19.3 Å². The molecule has 1 N–H and O–H groups in total. The first-order valence-corrected chi connectivity index (χ1v) is 5.59. The summed E-state index contributed by atoms with van der Waals surface area (Å²) in [5.41, 5.74) is -4.59. The molecule has 1 nitrogen and oxygen atoms in total. The average Bonchev–Trinajstić information content (AvgIpc) is 2.75. The van der Waals surface area contributed by atoms with Crippen LogP contribution >= 0.6 is 0 Å². The summed E-state index contributed by atoms with van der Waals surface area (Å²) in [5, 5.41) is 9.10. The molecule has 0 aromatic carbocycles. The topological polar surface area (TPSA) is 20.2 Å². The third-order valence-corrected chi connectivity index (χ3v) is 3.91. The van der Waals surface area contributed by atoms with E-state index in [0.717, 1.165) is 0 Å². The Morgan fingerprint density at radius 2 is 1.50 bits per heavy atom. The largest absolute Gasteiger partial charge is 0.426 e. The fourth-order valence-electron chi connectivity index (χ4n) is 2.90. The lowest BCUT2D eigenvalue weighted by Gasteiger charge is -2.35. The second-order valence-corrected chi connectivity index (χ2v) is 5.10. The molecule has 2 bridgehead atoms. The van der Waals surface area contributed by atoms with E-state index < -0.39 is 30.3 Å². The predicted octanol–water partition coefficient (Wildman–Crippen LogP) is 3.44. The maximum atomic E-state index is 12.5. The van der Waals surface area contributed by atoms with E-state index in [9.17, 15) is 26.3 Å². The fraction of sp³-hybridized carbons (Fsp3) is 0.818. The van der Waals surface area contributed by atoms with Crippen LogP contribution in [0.4, 0.5) is 26.3 Å². The summed E-state index contributed by atoms with van der Waals surface area (Å²) in [6.45, 7) is 0. The van der Waals surface area contributed by atoms with Gasteiger partial charge in [-0.25, -0.2) is 0 Å². The molecule has 0 unspecified atom stereocenters. The molecule has 7 heteroatoms. The third kappa shape index (κ3) is 2.02. The van der Waals surface area contributed by atoms with Crippen LogP contribution in [0, 0.1) is 17.8 Å². The molecule has 0 spiro atoms. The van der Waals surface area contributed by atoms with Crippen LogP contribution < -0.4 is 0 Å². The third-order valence-electron chi connectivity index (χ3n) is 3.91. The van der Waals surface area contributed by atoms with Gasteiger partial charge in [-0.2, -0.15) is 26.3 Å². The first-order valence-electron chi connectivity index (χ1n) is 5.59. The van der Waals surface area contributed by atoms with Crippen LogP contribution in [0.3, 0.4) is 0 Å². The summed E-state index contributed by atoms with van der Waals surface area (Å²) >= 11 is 0. The number of allylic oxidation sites excluding steroid dienone is 2.